The molecule has 0 aromatic heterocycles. The van der Waals surface area contributed by atoms with Crippen LogP contribution in [0.2, 0.25) is 0 Å². The Morgan fingerprint density at radius 1 is 0.733 bits per heavy atom. The van der Waals surface area contributed by atoms with Crippen molar-refractivity contribution in [2.45, 2.75) is 133 Å². The Balaban J connectivity index is -0.000000364. The van der Waals surface area contributed by atoms with E-state index in [-0.39, 0.29) is 0 Å². The van der Waals surface area contributed by atoms with Gasteiger partial charge in [0.05, 0.1) is 0 Å². The van der Waals surface area contributed by atoms with E-state index in [0.29, 0.717) is 5.92 Å². The van der Waals surface area contributed by atoms with Crippen molar-refractivity contribution in [1.29, 1.82) is 0 Å². The zero-order valence-electron chi connectivity index (χ0n) is 22.9. The average molecular weight is 421 g/mol. The predicted molar refractivity (Wildman–Crippen MR) is 144 cm³/mol. The minimum absolute atomic E-state index is 0.707. The Kier molecular flexibility index (Phi) is 27.6. The van der Waals surface area contributed by atoms with E-state index in [1.54, 1.807) is 0 Å². The zero-order valence-corrected chi connectivity index (χ0v) is 22.9. The van der Waals surface area contributed by atoms with Crippen LogP contribution in [-0.4, -0.2) is 0 Å². The van der Waals surface area contributed by atoms with Gasteiger partial charge in [0, 0.05) is 0 Å². The van der Waals surface area contributed by atoms with Gasteiger partial charge in [-0.2, -0.15) is 0 Å². The van der Waals surface area contributed by atoms with Gasteiger partial charge in [-0.1, -0.05) is 111 Å². The van der Waals surface area contributed by atoms with Crippen LogP contribution in [-0.2, 0) is 0 Å². The van der Waals surface area contributed by atoms with E-state index < -0.39 is 0 Å². The summed E-state index contributed by atoms with van der Waals surface area (Å²) in [5.41, 5.74) is 2.93. The van der Waals surface area contributed by atoms with E-state index >= 15 is 0 Å². The molecule has 0 aromatic carbocycles. The van der Waals surface area contributed by atoms with Crippen LogP contribution in [0.25, 0.3) is 0 Å². The van der Waals surface area contributed by atoms with E-state index in [1.807, 2.05) is 6.08 Å². The summed E-state index contributed by atoms with van der Waals surface area (Å²) in [5, 5.41) is 0. The van der Waals surface area contributed by atoms with Gasteiger partial charge in [0.15, 0.2) is 0 Å². The van der Waals surface area contributed by atoms with Gasteiger partial charge in [0.25, 0.3) is 0 Å². The first-order chi connectivity index (χ1) is 14.0. The Bertz CT molecular complexity index is 394. The Labute approximate surface area is 193 Å². The standard InChI is InChI=1S/3C10H20/c3*1-5-10(4)8-6-7-9(2)3/h5,9H,6-8H2,1-4H3;9H,4-8H2,1-3H3;5,9-10H,1,6-8H2,2-4H3/b10-5+;;. The fraction of sp³-hybridized carbons (Fsp3) is 0.800. The molecule has 0 saturated heterocycles. The van der Waals surface area contributed by atoms with E-state index in [1.165, 1.54) is 68.9 Å². The highest BCUT2D eigenvalue weighted by molar-refractivity contribution is 4.94. The normalized spacial score (nSPS) is 12.2. The minimum Gasteiger partial charge on any atom is -0.103 e. The molecule has 0 spiro atoms. The van der Waals surface area contributed by atoms with Crippen molar-refractivity contribution in [3.05, 3.63) is 36.5 Å². The summed E-state index contributed by atoms with van der Waals surface area (Å²) >= 11 is 0. The van der Waals surface area contributed by atoms with Crippen molar-refractivity contribution >= 4 is 0 Å². The monoisotopic (exact) mass is 420 g/mol. The van der Waals surface area contributed by atoms with E-state index in [2.05, 4.69) is 88.5 Å². The third kappa shape index (κ3) is 34.7. The maximum atomic E-state index is 3.97. The van der Waals surface area contributed by atoms with Gasteiger partial charge in [-0.15, -0.1) is 6.58 Å². The van der Waals surface area contributed by atoms with Crippen LogP contribution in [0.1, 0.15) is 133 Å². The van der Waals surface area contributed by atoms with Gasteiger partial charge >= 0.3 is 0 Å². The van der Waals surface area contributed by atoms with Crippen LogP contribution in [0, 0.1) is 23.7 Å². The van der Waals surface area contributed by atoms with Crippen molar-refractivity contribution in [3.8, 4) is 0 Å². The summed E-state index contributed by atoms with van der Waals surface area (Å²) in [4.78, 5) is 0. The van der Waals surface area contributed by atoms with Crippen LogP contribution in [0.5, 0.6) is 0 Å². The molecule has 0 bridgehead atoms. The molecule has 0 amide bonds. The summed E-state index contributed by atoms with van der Waals surface area (Å²) in [7, 11) is 0. The quantitative estimate of drug-likeness (QED) is 0.245. The van der Waals surface area contributed by atoms with Gasteiger partial charge < -0.3 is 0 Å². The maximum absolute atomic E-state index is 3.97. The topological polar surface area (TPSA) is 0 Å². The molecular formula is C30H60. The first-order valence-corrected chi connectivity index (χ1v) is 12.9. The summed E-state index contributed by atoms with van der Waals surface area (Å²) in [6, 6.07) is 0. The zero-order chi connectivity index (χ0) is 23.9. The lowest BCUT2D eigenvalue weighted by Crippen LogP contribution is -1.92. The second-order valence-electron chi connectivity index (χ2n) is 10.3. The molecule has 0 heterocycles. The third-order valence-electron chi connectivity index (χ3n) is 5.50. The van der Waals surface area contributed by atoms with Crippen LogP contribution in [0.4, 0.5) is 0 Å². The van der Waals surface area contributed by atoms with E-state index in [0.717, 1.165) is 24.2 Å². The fourth-order valence-electron chi connectivity index (χ4n) is 2.84. The van der Waals surface area contributed by atoms with Crippen molar-refractivity contribution < 1.29 is 0 Å². The molecule has 0 radical (unpaired) electrons. The smallest absolute Gasteiger partial charge is 0.0265 e. The predicted octanol–water partition coefficient (Wildman–Crippen LogP) is 11.2. The molecule has 0 saturated carbocycles. The molecule has 180 valence electrons. The highest BCUT2D eigenvalue weighted by Gasteiger charge is 1.97. The molecule has 0 nitrogen and oxygen atoms in total. The number of allylic oxidation sites excluding steroid dienone is 4. The molecule has 1 unspecified atom stereocenters. The molecule has 0 heteroatoms. The number of hydrogen-bond acceptors (Lipinski definition) is 0. The summed E-state index contributed by atoms with van der Waals surface area (Å²) in [5.74, 6) is 3.28. The average Bonchev–Trinajstić information content (AvgIpc) is 2.67. The van der Waals surface area contributed by atoms with Crippen molar-refractivity contribution in [2.75, 3.05) is 0 Å². The molecular weight excluding hydrogens is 360 g/mol. The molecule has 0 aliphatic rings. The van der Waals surface area contributed by atoms with Gasteiger partial charge in [-0.3, -0.25) is 0 Å². The minimum atomic E-state index is 0.707. The number of rotatable bonds is 14. The van der Waals surface area contributed by atoms with Gasteiger partial charge in [-0.25, -0.2) is 0 Å². The maximum Gasteiger partial charge on any atom is -0.0265 e. The fourth-order valence-corrected chi connectivity index (χ4v) is 2.84. The molecule has 1 atom stereocenters. The summed E-state index contributed by atoms with van der Waals surface area (Å²) in [6.45, 7) is 30.1. The molecule has 0 fully saturated rings. The highest BCUT2D eigenvalue weighted by atomic mass is 14.0. The van der Waals surface area contributed by atoms with Crippen LogP contribution < -0.4 is 0 Å². The molecule has 0 rings (SSSR count). The van der Waals surface area contributed by atoms with E-state index in [4.69, 9.17) is 0 Å². The first-order valence-electron chi connectivity index (χ1n) is 12.9. The Morgan fingerprint density at radius 3 is 1.53 bits per heavy atom. The van der Waals surface area contributed by atoms with Crippen LogP contribution >= 0.6 is 0 Å². The lowest BCUT2D eigenvalue weighted by atomic mass is 10.00. The van der Waals surface area contributed by atoms with Crippen molar-refractivity contribution in [2.24, 2.45) is 23.7 Å². The Morgan fingerprint density at radius 2 is 1.17 bits per heavy atom. The van der Waals surface area contributed by atoms with Crippen LogP contribution in [0.15, 0.2) is 36.5 Å². The number of hydrogen-bond donors (Lipinski definition) is 0. The van der Waals surface area contributed by atoms with Crippen molar-refractivity contribution in [1.82, 2.24) is 0 Å². The largest absolute Gasteiger partial charge is 0.103 e. The SMILES string of the molecule is C/C=C(\C)CCCC(C)C.C=C(CC)CCCC(C)C.C=CC(C)CCCC(C)C. The lowest BCUT2D eigenvalue weighted by Gasteiger charge is -2.06. The van der Waals surface area contributed by atoms with E-state index in [9.17, 15) is 0 Å². The summed E-state index contributed by atoms with van der Waals surface area (Å²) < 4.78 is 0. The van der Waals surface area contributed by atoms with Gasteiger partial charge in [0.1, 0.15) is 0 Å². The second kappa shape index (κ2) is 24.5. The first kappa shape index (κ1) is 33.8. The van der Waals surface area contributed by atoms with Crippen LogP contribution in [0.3, 0.4) is 0 Å². The highest BCUT2D eigenvalue weighted by Crippen LogP contribution is 2.13. The van der Waals surface area contributed by atoms with Gasteiger partial charge in [0.2, 0.25) is 0 Å². The van der Waals surface area contributed by atoms with Crippen molar-refractivity contribution in [3.63, 3.8) is 0 Å². The lowest BCUT2D eigenvalue weighted by molar-refractivity contribution is 0.502. The summed E-state index contributed by atoms with van der Waals surface area (Å²) in [6.07, 6.45) is 17.3. The van der Waals surface area contributed by atoms with Gasteiger partial charge in [-0.05, 0) is 76.0 Å². The second-order valence-corrected chi connectivity index (χ2v) is 10.3. The molecule has 0 N–H and O–H groups in total. The Hall–Kier alpha value is -0.780. The molecule has 30 heavy (non-hydrogen) atoms. The molecule has 0 aliphatic heterocycles. The molecule has 0 aromatic rings. The third-order valence-corrected chi connectivity index (χ3v) is 5.50. The molecule has 0 aliphatic carbocycles.